The van der Waals surface area contributed by atoms with Crippen LogP contribution in [0.3, 0.4) is 0 Å². The van der Waals surface area contributed by atoms with Gasteiger partial charge in [-0.05, 0) is 12.8 Å². The molecule has 1 aromatic heterocycles. The van der Waals surface area contributed by atoms with Crippen molar-refractivity contribution in [2.45, 2.75) is 26.3 Å². The summed E-state index contributed by atoms with van der Waals surface area (Å²) >= 11 is 1.52. The van der Waals surface area contributed by atoms with Crippen molar-refractivity contribution in [3.8, 4) is 0 Å². The SMILES string of the molecule is CC(=O)N1CCC(C(=O)NCc2cscn2)CC1. The molecule has 0 aliphatic carbocycles. The maximum Gasteiger partial charge on any atom is 0.223 e. The monoisotopic (exact) mass is 267 g/mol. The van der Waals surface area contributed by atoms with Gasteiger partial charge in [0, 0.05) is 31.3 Å². The van der Waals surface area contributed by atoms with Gasteiger partial charge < -0.3 is 10.2 Å². The fourth-order valence-corrected chi connectivity index (χ4v) is 2.66. The second-order valence-corrected chi connectivity index (χ2v) is 5.20. The summed E-state index contributed by atoms with van der Waals surface area (Å²) in [6.45, 7) is 3.44. The molecule has 0 aromatic carbocycles. The van der Waals surface area contributed by atoms with Crippen LogP contribution in [0.15, 0.2) is 10.9 Å². The quantitative estimate of drug-likeness (QED) is 0.889. The van der Waals surface area contributed by atoms with Crippen LogP contribution in [0.2, 0.25) is 0 Å². The van der Waals surface area contributed by atoms with E-state index < -0.39 is 0 Å². The van der Waals surface area contributed by atoms with Crippen LogP contribution < -0.4 is 5.32 Å². The number of rotatable bonds is 3. The van der Waals surface area contributed by atoms with Gasteiger partial charge in [0.25, 0.3) is 0 Å². The highest BCUT2D eigenvalue weighted by molar-refractivity contribution is 7.07. The van der Waals surface area contributed by atoms with Crippen LogP contribution in [-0.4, -0.2) is 34.8 Å². The number of piperidine rings is 1. The number of likely N-dealkylation sites (tertiary alicyclic amines) is 1. The number of carbonyl (C=O) groups is 2. The zero-order chi connectivity index (χ0) is 13.0. The fourth-order valence-electron chi connectivity index (χ4n) is 2.10. The molecule has 1 fully saturated rings. The average molecular weight is 267 g/mol. The first-order valence-corrected chi connectivity index (χ1v) is 7.01. The van der Waals surface area contributed by atoms with E-state index >= 15 is 0 Å². The first-order valence-electron chi connectivity index (χ1n) is 6.07. The Labute approximate surface area is 110 Å². The number of nitrogens with zero attached hydrogens (tertiary/aromatic N) is 2. The van der Waals surface area contributed by atoms with Gasteiger partial charge in [0.1, 0.15) is 0 Å². The van der Waals surface area contributed by atoms with Crippen molar-refractivity contribution >= 4 is 23.2 Å². The first kappa shape index (κ1) is 13.0. The topological polar surface area (TPSA) is 62.3 Å². The highest BCUT2D eigenvalue weighted by Gasteiger charge is 2.25. The van der Waals surface area contributed by atoms with Crippen molar-refractivity contribution in [1.29, 1.82) is 0 Å². The van der Waals surface area contributed by atoms with Gasteiger partial charge in [0.15, 0.2) is 0 Å². The van der Waals surface area contributed by atoms with E-state index in [-0.39, 0.29) is 17.7 Å². The summed E-state index contributed by atoms with van der Waals surface area (Å²) in [7, 11) is 0. The second kappa shape index (κ2) is 5.95. The highest BCUT2D eigenvalue weighted by Crippen LogP contribution is 2.17. The molecule has 2 amide bonds. The molecular formula is C12H17N3O2S. The Bertz CT molecular complexity index is 411. The molecule has 98 valence electrons. The number of aromatic nitrogens is 1. The van der Waals surface area contributed by atoms with E-state index in [1.54, 1.807) is 17.3 Å². The van der Waals surface area contributed by atoms with E-state index in [2.05, 4.69) is 10.3 Å². The Balaban J connectivity index is 1.75. The minimum Gasteiger partial charge on any atom is -0.350 e. The third-order valence-corrected chi connectivity index (χ3v) is 3.87. The summed E-state index contributed by atoms with van der Waals surface area (Å²) in [5.74, 6) is 0.196. The summed E-state index contributed by atoms with van der Waals surface area (Å²) < 4.78 is 0. The van der Waals surface area contributed by atoms with E-state index in [1.807, 2.05) is 5.38 Å². The van der Waals surface area contributed by atoms with Crippen molar-refractivity contribution in [3.05, 3.63) is 16.6 Å². The van der Waals surface area contributed by atoms with Crippen LogP contribution in [0.25, 0.3) is 0 Å². The van der Waals surface area contributed by atoms with Gasteiger partial charge in [0.05, 0.1) is 17.7 Å². The molecule has 0 atom stereocenters. The first-order chi connectivity index (χ1) is 8.66. The second-order valence-electron chi connectivity index (χ2n) is 4.48. The number of hydrogen-bond acceptors (Lipinski definition) is 4. The number of nitrogens with one attached hydrogen (secondary N) is 1. The lowest BCUT2D eigenvalue weighted by Gasteiger charge is -2.30. The molecule has 18 heavy (non-hydrogen) atoms. The van der Waals surface area contributed by atoms with E-state index in [9.17, 15) is 9.59 Å². The van der Waals surface area contributed by atoms with Gasteiger partial charge >= 0.3 is 0 Å². The molecule has 6 heteroatoms. The van der Waals surface area contributed by atoms with Crippen molar-refractivity contribution in [1.82, 2.24) is 15.2 Å². The van der Waals surface area contributed by atoms with Gasteiger partial charge in [-0.15, -0.1) is 11.3 Å². The number of hydrogen-bond donors (Lipinski definition) is 1. The molecule has 2 rings (SSSR count). The third kappa shape index (κ3) is 3.29. The van der Waals surface area contributed by atoms with Crippen LogP contribution in [0, 0.1) is 5.92 Å². The predicted octanol–water partition coefficient (Wildman–Crippen LogP) is 1.02. The number of amides is 2. The smallest absolute Gasteiger partial charge is 0.223 e. The van der Waals surface area contributed by atoms with Crippen molar-refractivity contribution in [2.75, 3.05) is 13.1 Å². The summed E-state index contributed by atoms with van der Waals surface area (Å²) in [6.07, 6.45) is 1.50. The molecule has 0 unspecified atom stereocenters. The number of thiazole rings is 1. The van der Waals surface area contributed by atoms with Crippen LogP contribution in [0.1, 0.15) is 25.5 Å². The Morgan fingerprint density at radius 2 is 2.22 bits per heavy atom. The van der Waals surface area contributed by atoms with Crippen LogP contribution in [0.4, 0.5) is 0 Å². The minimum absolute atomic E-state index is 0.0271. The van der Waals surface area contributed by atoms with Crippen LogP contribution in [-0.2, 0) is 16.1 Å². The zero-order valence-electron chi connectivity index (χ0n) is 10.4. The summed E-state index contributed by atoms with van der Waals surface area (Å²) in [4.78, 5) is 29.0. The maximum atomic E-state index is 11.9. The maximum absolute atomic E-state index is 11.9. The minimum atomic E-state index is 0.0271. The molecule has 0 radical (unpaired) electrons. The zero-order valence-corrected chi connectivity index (χ0v) is 11.2. The molecule has 0 bridgehead atoms. The summed E-state index contributed by atoms with van der Waals surface area (Å²) in [6, 6.07) is 0. The van der Waals surface area contributed by atoms with Gasteiger partial charge in [-0.1, -0.05) is 0 Å². The molecule has 1 aliphatic heterocycles. The average Bonchev–Trinajstić information content (AvgIpc) is 2.89. The van der Waals surface area contributed by atoms with E-state index in [0.717, 1.165) is 18.5 Å². The lowest BCUT2D eigenvalue weighted by Crippen LogP contribution is -2.42. The molecular weight excluding hydrogens is 250 g/mol. The predicted molar refractivity (Wildman–Crippen MR) is 68.9 cm³/mol. The molecule has 5 nitrogen and oxygen atoms in total. The van der Waals surface area contributed by atoms with Crippen LogP contribution >= 0.6 is 11.3 Å². The Kier molecular flexibility index (Phi) is 4.30. The van der Waals surface area contributed by atoms with Gasteiger partial charge in [-0.2, -0.15) is 0 Å². The number of carbonyl (C=O) groups excluding carboxylic acids is 2. The van der Waals surface area contributed by atoms with Crippen molar-refractivity contribution in [2.24, 2.45) is 5.92 Å². The highest BCUT2D eigenvalue weighted by atomic mass is 32.1. The van der Waals surface area contributed by atoms with E-state index in [0.29, 0.717) is 19.6 Å². The van der Waals surface area contributed by atoms with E-state index in [1.165, 1.54) is 11.3 Å². The molecule has 0 spiro atoms. The molecule has 2 heterocycles. The van der Waals surface area contributed by atoms with Crippen molar-refractivity contribution < 1.29 is 9.59 Å². The van der Waals surface area contributed by atoms with Crippen LogP contribution in [0.5, 0.6) is 0 Å². The molecule has 0 saturated carbocycles. The largest absolute Gasteiger partial charge is 0.350 e. The lowest BCUT2D eigenvalue weighted by molar-refractivity contribution is -0.134. The third-order valence-electron chi connectivity index (χ3n) is 3.24. The fraction of sp³-hybridized carbons (Fsp3) is 0.583. The standard InChI is InChI=1S/C12H17N3O2S/c1-9(16)15-4-2-10(3-5-15)12(17)13-6-11-7-18-8-14-11/h7-8,10H,2-6H2,1H3,(H,13,17). The normalized spacial score (nSPS) is 16.6. The van der Waals surface area contributed by atoms with Gasteiger partial charge in [0.2, 0.25) is 11.8 Å². The molecule has 1 aromatic rings. The molecule has 1 aliphatic rings. The Morgan fingerprint density at radius 1 is 1.50 bits per heavy atom. The van der Waals surface area contributed by atoms with Gasteiger partial charge in [-0.25, -0.2) is 4.98 Å². The summed E-state index contributed by atoms with van der Waals surface area (Å²) in [5, 5.41) is 4.83. The molecule has 1 N–H and O–H groups in total. The van der Waals surface area contributed by atoms with Crippen molar-refractivity contribution in [3.63, 3.8) is 0 Å². The Morgan fingerprint density at radius 3 is 2.78 bits per heavy atom. The van der Waals surface area contributed by atoms with E-state index in [4.69, 9.17) is 0 Å². The summed E-state index contributed by atoms with van der Waals surface area (Å²) in [5.41, 5.74) is 2.65. The van der Waals surface area contributed by atoms with Gasteiger partial charge in [-0.3, -0.25) is 9.59 Å². The molecule has 1 saturated heterocycles. The lowest BCUT2D eigenvalue weighted by atomic mass is 9.96. The Hall–Kier alpha value is -1.43.